The van der Waals surface area contributed by atoms with E-state index >= 15 is 0 Å². The van der Waals surface area contributed by atoms with Gasteiger partial charge in [-0.25, -0.2) is 0 Å². The van der Waals surface area contributed by atoms with E-state index in [1.54, 1.807) is 95.4 Å². The number of hydrogen-bond donors (Lipinski definition) is 0. The first-order valence-corrected chi connectivity index (χ1v) is 16.5. The van der Waals surface area contributed by atoms with Gasteiger partial charge >= 0.3 is 0 Å². The van der Waals surface area contributed by atoms with Crippen molar-refractivity contribution in [3.63, 3.8) is 0 Å². The fourth-order valence-corrected chi connectivity index (χ4v) is 8.42. The van der Waals surface area contributed by atoms with Crippen LogP contribution in [-0.4, -0.2) is 13.7 Å². The first-order chi connectivity index (χ1) is 19.6. The Morgan fingerprint density at radius 3 is 1.40 bits per heavy atom. The Labute approximate surface area is 253 Å². The van der Waals surface area contributed by atoms with Gasteiger partial charge < -0.3 is 13.7 Å². The molecule has 0 amide bonds. The predicted octanol–water partition coefficient (Wildman–Crippen LogP) is 8.89. The Bertz CT molecular complexity index is 1570. The monoisotopic (exact) mass is 559 g/mol. The molecule has 0 atom stereocenters. The van der Waals surface area contributed by atoms with Gasteiger partial charge in [0, 0.05) is 65.9 Å². The third kappa shape index (κ3) is 4.05. The SMILES string of the molecule is C.CC(C)c1c2c(c3n1C3)C2.CC(C)c1c2c(cc3c1C3)C2.CC(C)c1c2c(n3c1C3)C2.CC(C)n1c2c(c3c1C3)C2. The number of benzene rings is 1. The number of nitrogens with zero attached hydrogens (tertiary/aromatic N) is 3. The maximum Gasteiger partial charge on any atom is 0.0632 e. The second kappa shape index (κ2) is 8.58. The smallest absolute Gasteiger partial charge is 0.0632 e. The van der Waals surface area contributed by atoms with E-state index in [1.165, 1.54) is 51.6 Å². The van der Waals surface area contributed by atoms with E-state index in [4.69, 9.17) is 0 Å². The highest BCUT2D eigenvalue weighted by Crippen LogP contribution is 2.50. The largest absolute Gasteiger partial charge is 0.345 e. The molecule has 0 N–H and O–H groups in total. The third-order valence-corrected chi connectivity index (χ3v) is 10.7. The average Bonchev–Trinajstić information content (AvgIpc) is 3.67. The van der Waals surface area contributed by atoms with Gasteiger partial charge in [-0.15, -0.1) is 0 Å². The first kappa shape index (κ1) is 26.7. The van der Waals surface area contributed by atoms with Gasteiger partial charge in [-0.05, 0) is 106 Å². The lowest BCUT2D eigenvalue weighted by molar-refractivity contribution is 0.589. The molecular formula is C39H49N3. The number of fused-ring (bicyclic) bond motifs is 11. The van der Waals surface area contributed by atoms with Gasteiger partial charge in [-0.2, -0.15) is 0 Å². The zero-order chi connectivity index (χ0) is 28.2. The van der Waals surface area contributed by atoms with Crippen LogP contribution in [0.3, 0.4) is 0 Å². The Balaban J connectivity index is 0.0000000841. The molecule has 3 nitrogen and oxygen atoms in total. The van der Waals surface area contributed by atoms with Crippen molar-refractivity contribution < 1.29 is 0 Å². The zero-order valence-electron chi connectivity index (χ0n) is 26.4. The Morgan fingerprint density at radius 1 is 0.476 bits per heavy atom. The maximum atomic E-state index is 2.52. The highest BCUT2D eigenvalue weighted by molar-refractivity contribution is 5.65. The minimum Gasteiger partial charge on any atom is -0.345 e. The lowest BCUT2D eigenvalue weighted by Gasteiger charge is -2.08. The molecule has 5 heterocycles. The second-order valence-corrected chi connectivity index (χ2v) is 15.2. The topological polar surface area (TPSA) is 14.8 Å². The van der Waals surface area contributed by atoms with Crippen LogP contribution in [0.1, 0.15) is 182 Å². The van der Waals surface area contributed by atoms with Crippen LogP contribution in [0.15, 0.2) is 6.07 Å². The molecule has 0 radical (unpaired) electrons. The summed E-state index contributed by atoms with van der Waals surface area (Å²) in [5, 5.41) is 0. The lowest BCUT2D eigenvalue weighted by Crippen LogP contribution is -2.00. The van der Waals surface area contributed by atoms with Crippen LogP contribution in [0, 0.1) is 0 Å². The third-order valence-electron chi connectivity index (χ3n) is 10.7. The number of hydrogen-bond acceptors (Lipinski definition) is 0. The highest BCUT2D eigenvalue weighted by atomic mass is 15.2. The van der Waals surface area contributed by atoms with Gasteiger partial charge in [0.2, 0.25) is 0 Å². The van der Waals surface area contributed by atoms with Crippen LogP contribution in [0.4, 0.5) is 0 Å². The van der Waals surface area contributed by atoms with Gasteiger partial charge in [0.05, 0.1) is 13.1 Å². The Morgan fingerprint density at radius 2 is 1.02 bits per heavy atom. The summed E-state index contributed by atoms with van der Waals surface area (Å²) in [6.45, 7) is 20.9. The van der Waals surface area contributed by atoms with Gasteiger partial charge in [0.1, 0.15) is 0 Å². The van der Waals surface area contributed by atoms with Gasteiger partial charge in [-0.1, -0.05) is 55.0 Å². The van der Waals surface area contributed by atoms with Crippen molar-refractivity contribution in [3.8, 4) is 0 Å². The number of rotatable bonds is 4. The summed E-state index contributed by atoms with van der Waals surface area (Å²) in [5.74, 6) is 2.26. The van der Waals surface area contributed by atoms with E-state index in [0.717, 1.165) is 17.8 Å². The fraction of sp³-hybridized carbons (Fsp3) is 0.538. The molecule has 8 aliphatic rings. The van der Waals surface area contributed by atoms with Crippen molar-refractivity contribution in [2.24, 2.45) is 0 Å². The molecule has 1 aromatic carbocycles. The summed E-state index contributed by atoms with van der Waals surface area (Å²) in [4.78, 5) is 0. The molecule has 0 saturated heterocycles. The van der Waals surface area contributed by atoms with Gasteiger partial charge in [-0.3, -0.25) is 0 Å². The first-order valence-electron chi connectivity index (χ1n) is 16.5. The molecule has 0 spiro atoms. The van der Waals surface area contributed by atoms with Gasteiger partial charge in [0.15, 0.2) is 0 Å². The van der Waals surface area contributed by atoms with Crippen molar-refractivity contribution in [1.29, 1.82) is 0 Å². The van der Waals surface area contributed by atoms with E-state index in [9.17, 15) is 0 Å². The molecule has 0 unspecified atom stereocenters. The maximum absolute atomic E-state index is 2.52. The van der Waals surface area contributed by atoms with E-state index in [1.807, 2.05) is 0 Å². The van der Waals surface area contributed by atoms with Crippen LogP contribution in [-0.2, 0) is 51.6 Å². The van der Waals surface area contributed by atoms with Crippen molar-refractivity contribution in [3.05, 3.63) is 101 Å². The van der Waals surface area contributed by atoms with E-state index < -0.39 is 0 Å². The minimum absolute atomic E-state index is 0. The number of aromatic nitrogens is 3. The van der Waals surface area contributed by atoms with Crippen molar-refractivity contribution in [1.82, 2.24) is 13.7 Å². The molecule has 12 rings (SSSR count). The molecule has 6 aliphatic carbocycles. The normalized spacial score (nSPS) is 16.5. The summed E-state index contributed by atoms with van der Waals surface area (Å²) in [6.07, 6.45) is 7.81. The summed E-state index contributed by atoms with van der Waals surface area (Å²) >= 11 is 0. The van der Waals surface area contributed by atoms with Crippen LogP contribution in [0.2, 0.25) is 0 Å². The highest BCUT2D eigenvalue weighted by Gasteiger charge is 2.41. The summed E-state index contributed by atoms with van der Waals surface area (Å²) in [5.41, 5.74) is 28.2. The summed E-state index contributed by atoms with van der Waals surface area (Å²) in [7, 11) is 0. The second-order valence-electron chi connectivity index (χ2n) is 15.2. The summed E-state index contributed by atoms with van der Waals surface area (Å²) < 4.78 is 7.45. The molecule has 3 heteroatoms. The van der Waals surface area contributed by atoms with Crippen LogP contribution in [0.5, 0.6) is 0 Å². The molecule has 4 aromatic rings. The molecule has 2 aliphatic heterocycles. The Hall–Kier alpha value is -2.94. The van der Waals surface area contributed by atoms with E-state index in [-0.39, 0.29) is 7.43 Å². The lowest BCUT2D eigenvalue weighted by atomic mass is 10.0. The van der Waals surface area contributed by atoms with Crippen LogP contribution < -0.4 is 0 Å². The van der Waals surface area contributed by atoms with E-state index in [0.29, 0.717) is 6.04 Å². The quantitative estimate of drug-likeness (QED) is 0.205. The van der Waals surface area contributed by atoms with Gasteiger partial charge in [0.25, 0.3) is 0 Å². The fourth-order valence-electron chi connectivity index (χ4n) is 8.42. The average molecular weight is 560 g/mol. The minimum atomic E-state index is 0. The Kier molecular flexibility index (Phi) is 5.45. The predicted molar refractivity (Wildman–Crippen MR) is 174 cm³/mol. The van der Waals surface area contributed by atoms with Crippen LogP contribution >= 0.6 is 0 Å². The summed E-state index contributed by atoms with van der Waals surface area (Å²) in [6, 6.07) is 3.10. The molecule has 42 heavy (non-hydrogen) atoms. The molecule has 0 fully saturated rings. The van der Waals surface area contributed by atoms with Crippen molar-refractivity contribution >= 4 is 0 Å². The van der Waals surface area contributed by atoms with Crippen LogP contribution in [0.25, 0.3) is 0 Å². The van der Waals surface area contributed by atoms with Crippen molar-refractivity contribution in [2.45, 2.75) is 138 Å². The molecular weight excluding hydrogens is 510 g/mol. The molecule has 3 aromatic heterocycles. The molecule has 220 valence electrons. The zero-order valence-corrected chi connectivity index (χ0v) is 26.4. The molecule has 0 saturated carbocycles. The molecule has 0 bridgehead atoms. The van der Waals surface area contributed by atoms with Crippen molar-refractivity contribution in [2.75, 3.05) is 0 Å². The standard InChI is InChI=1S/C11H12.3C9H11N.CH4/c1-6(2)11-9-4-7(9)3-8-5-10(8)11;1-5(2)10-8-3-6(8)7-4-9(7)10;1-5(2)9-6-3-7(6)10-4-8(9)10;1-5(2)9-7-3-6(7)8-4-10(8)9;/h3,6H,4-5H2,1-2H3;3*5H,3-4H2,1-2H3;1H4. The van der Waals surface area contributed by atoms with E-state index in [2.05, 4.69) is 75.2 Å².